The molecule has 0 bridgehead atoms. The van der Waals surface area contributed by atoms with Crippen LogP contribution in [0.25, 0.3) is 0 Å². The minimum absolute atomic E-state index is 0.107. The molecular formula is C81H29B2F40IS2. The molecule has 658 valence electrons. The summed E-state index contributed by atoms with van der Waals surface area (Å²) in [6, 6.07) is 44.4. The molecule has 0 aliphatic heterocycles. The standard InChI is InChI=1S/C33H29IS2.2C24BF20/c1-24-21-25(2)33(34)27(22-24)23-26-13-15-28(16-14-26)35-29-17-19-32(20-18-29)36(30-9-5-3-6-10-30)31-11-7-4-8-12-31;2*26-5-1(6(27)14(35)21(42)13(5)34)25(2-7(28)15(36)22(43)16(37)8(2)29,3-9(30)17(38)23(44)18(39)10(3)31)4-11(32)19(40)24(45)20(41)12(4)33/h3-22,34H,23H2,1-2H3;;/q+2;2*-1. The summed E-state index contributed by atoms with van der Waals surface area (Å²) in [6.07, 6.45) is -13.5. The first kappa shape index (κ1) is 95.3. The van der Waals surface area contributed by atoms with E-state index >= 15 is 70.2 Å². The van der Waals surface area contributed by atoms with Crippen LogP contribution in [0.1, 0.15) is 22.3 Å². The molecule has 0 aliphatic rings. The zero-order chi connectivity index (χ0) is 93.6. The Morgan fingerprint density at radius 1 is 0.222 bits per heavy atom. The van der Waals surface area contributed by atoms with E-state index in [4.69, 9.17) is 0 Å². The van der Waals surface area contributed by atoms with Crippen molar-refractivity contribution in [1.29, 1.82) is 0 Å². The van der Waals surface area contributed by atoms with Crippen molar-refractivity contribution in [3.63, 3.8) is 0 Å². The maximum Gasteiger partial charge on any atom is 0.297 e. The number of hydrogen-bond acceptors (Lipinski definition) is 1. The second kappa shape index (κ2) is 36.2. The molecule has 13 rings (SSSR count). The molecule has 0 aliphatic carbocycles. The summed E-state index contributed by atoms with van der Waals surface area (Å²) in [7, 11) is -0.107. The Bertz CT molecular complexity index is 5520. The van der Waals surface area contributed by atoms with E-state index in [1.807, 2.05) is 11.8 Å². The van der Waals surface area contributed by atoms with Gasteiger partial charge in [0.15, 0.2) is 158 Å². The zero-order valence-electron chi connectivity index (χ0n) is 60.8. The van der Waals surface area contributed by atoms with Gasteiger partial charge in [0.1, 0.15) is 105 Å². The topological polar surface area (TPSA) is 0 Å². The number of aryl methyl sites for hydroxylation is 2. The highest BCUT2D eigenvalue weighted by atomic mass is 127. The number of hydrogen-bond donors (Lipinski definition) is 0. The molecule has 0 atom stereocenters. The summed E-state index contributed by atoms with van der Waals surface area (Å²) in [5.41, 5.74) is -23.1. The molecule has 0 amide bonds. The molecule has 0 N–H and O–H groups in total. The van der Waals surface area contributed by atoms with Crippen LogP contribution in [-0.4, -0.2) is 12.3 Å². The van der Waals surface area contributed by atoms with Crippen molar-refractivity contribution >= 4 is 78.7 Å². The van der Waals surface area contributed by atoms with Crippen LogP contribution in [0.5, 0.6) is 0 Å². The summed E-state index contributed by atoms with van der Waals surface area (Å²) in [6.45, 7) is 4.40. The van der Waals surface area contributed by atoms with E-state index in [9.17, 15) is 105 Å². The SMILES string of the molecule is Cc1cc(C)c([IH+])c(Cc2ccc(Sc3ccc([S+](c4ccccc4)c4ccccc4)cc3)cc2)c1.Fc1c(F)c(F)c([B-](c2c(F)c(F)c(F)c(F)c2F)(c2c(F)c(F)c(F)c(F)c2F)c2c(F)c(F)c(F)c(F)c2F)c(F)c1F.Fc1c(F)c(F)c([B-](c2c(F)c(F)c(F)c(F)c2F)(c2c(F)c(F)c(F)c(F)c2F)c2c(F)c(F)c(F)c(F)c2F)c(F)c1F. The summed E-state index contributed by atoms with van der Waals surface area (Å²) in [5, 5.41) is 0. The lowest BCUT2D eigenvalue weighted by molar-refractivity contribution is -0.330. The van der Waals surface area contributed by atoms with E-state index in [-0.39, 0.29) is 10.9 Å². The van der Waals surface area contributed by atoms with Gasteiger partial charge >= 0.3 is 0 Å². The average Bonchev–Trinajstić information content (AvgIpc) is 0.684. The third-order valence-electron chi connectivity index (χ3n) is 19.5. The normalized spacial score (nSPS) is 11.7. The van der Waals surface area contributed by atoms with Crippen molar-refractivity contribution in [2.24, 2.45) is 0 Å². The van der Waals surface area contributed by atoms with E-state index in [1.54, 1.807) is 0 Å². The summed E-state index contributed by atoms with van der Waals surface area (Å²) in [5.74, 6) is -143. The highest BCUT2D eigenvalue weighted by Crippen LogP contribution is 2.38. The average molecular weight is 1970 g/mol. The molecule has 0 aromatic heterocycles. The van der Waals surface area contributed by atoms with Crippen LogP contribution in [-0.2, 0) is 17.3 Å². The Balaban J connectivity index is 0.000000185. The van der Waals surface area contributed by atoms with Crippen LogP contribution in [0.4, 0.5) is 176 Å². The first-order valence-corrected chi connectivity index (χ1v) is 37.1. The lowest BCUT2D eigenvalue weighted by Gasteiger charge is -2.44. The molecule has 0 saturated carbocycles. The van der Waals surface area contributed by atoms with Gasteiger partial charge in [-0.3, -0.25) is 0 Å². The molecule has 0 saturated heterocycles. The fourth-order valence-electron chi connectivity index (χ4n) is 14.1. The molecule has 45 heteroatoms. The van der Waals surface area contributed by atoms with E-state index in [0.29, 0.717) is 0 Å². The third kappa shape index (κ3) is 15.5. The van der Waals surface area contributed by atoms with Gasteiger partial charge in [-0.05, 0) is 80.1 Å². The van der Waals surface area contributed by atoms with Gasteiger partial charge < -0.3 is 0 Å². The largest absolute Gasteiger partial charge is 0.297 e. The van der Waals surface area contributed by atoms with Crippen molar-refractivity contribution in [3.05, 3.63) is 380 Å². The van der Waals surface area contributed by atoms with Crippen molar-refractivity contribution in [2.45, 2.75) is 44.7 Å². The fraction of sp³-hybridized carbons (Fsp3) is 0.0370. The smallest absolute Gasteiger partial charge is 0.207 e. The van der Waals surface area contributed by atoms with Gasteiger partial charge in [-0.25, -0.2) is 176 Å². The van der Waals surface area contributed by atoms with Crippen molar-refractivity contribution < 1.29 is 198 Å². The summed E-state index contributed by atoms with van der Waals surface area (Å²) < 4.78 is 589. The Labute approximate surface area is 698 Å². The van der Waals surface area contributed by atoms with Crippen molar-refractivity contribution in [2.75, 3.05) is 0 Å². The van der Waals surface area contributed by atoms with E-state index < -0.39 is 289 Å². The lowest BCUT2D eigenvalue weighted by Crippen LogP contribution is -3.34. The van der Waals surface area contributed by atoms with Gasteiger partial charge in [0.25, 0.3) is 22.6 Å². The van der Waals surface area contributed by atoms with Gasteiger partial charge in [-0.2, -0.15) is 0 Å². The maximum absolute atomic E-state index is 15.4. The Morgan fingerprint density at radius 2 is 0.397 bits per heavy atom. The predicted octanol–water partition coefficient (Wildman–Crippen LogP) is 17.3. The van der Waals surface area contributed by atoms with Gasteiger partial charge in [0.2, 0.25) is 0 Å². The van der Waals surface area contributed by atoms with E-state index in [2.05, 4.69) is 158 Å². The molecular weight excluding hydrogens is 1950 g/mol. The predicted molar refractivity (Wildman–Crippen MR) is 369 cm³/mol. The maximum atomic E-state index is 15.4. The second-order valence-electron chi connectivity index (χ2n) is 26.5. The van der Waals surface area contributed by atoms with Crippen LogP contribution in [0.2, 0.25) is 0 Å². The van der Waals surface area contributed by atoms with Crippen molar-refractivity contribution in [1.82, 2.24) is 0 Å². The molecule has 0 unspecified atom stereocenters. The minimum atomic E-state index is -7.22. The van der Waals surface area contributed by atoms with Crippen LogP contribution < -0.4 is 66.3 Å². The fourth-order valence-corrected chi connectivity index (χ4v) is 17.6. The monoisotopic (exact) mass is 1970 g/mol. The first-order chi connectivity index (χ1) is 59.0. The summed E-state index contributed by atoms with van der Waals surface area (Å²) in [4.78, 5) is 6.57. The summed E-state index contributed by atoms with van der Waals surface area (Å²) >= 11 is 3.98. The van der Waals surface area contributed by atoms with Gasteiger partial charge in [0, 0.05) is 27.3 Å². The van der Waals surface area contributed by atoms with E-state index in [0.717, 1.165) is 6.42 Å². The van der Waals surface area contributed by atoms with Crippen molar-refractivity contribution in [3.8, 4) is 0 Å². The van der Waals surface area contributed by atoms with E-state index in [1.165, 1.54) is 50.3 Å². The van der Waals surface area contributed by atoms with Gasteiger partial charge in [-0.1, -0.05) is 78.0 Å². The Morgan fingerprint density at radius 3 is 0.595 bits per heavy atom. The molecule has 13 aromatic rings. The molecule has 0 heterocycles. The van der Waals surface area contributed by atoms with Gasteiger partial charge in [-0.15, -0.1) is 43.7 Å². The molecule has 0 radical (unpaired) electrons. The highest BCUT2D eigenvalue weighted by molar-refractivity contribution is 7.99. The van der Waals surface area contributed by atoms with Crippen LogP contribution in [0.15, 0.2) is 146 Å². The first-order valence-electron chi connectivity index (χ1n) is 33.9. The minimum Gasteiger partial charge on any atom is -0.207 e. The van der Waals surface area contributed by atoms with Gasteiger partial charge in [0.05, 0.1) is 10.9 Å². The Hall–Kier alpha value is -11.4. The molecule has 13 aromatic carbocycles. The molecule has 0 spiro atoms. The molecule has 0 fully saturated rings. The zero-order valence-corrected chi connectivity index (χ0v) is 64.7. The van der Waals surface area contributed by atoms with Crippen LogP contribution >= 0.6 is 11.8 Å². The highest BCUT2D eigenvalue weighted by Gasteiger charge is 2.55. The Kier molecular flexibility index (Phi) is 27.3. The second-order valence-corrected chi connectivity index (χ2v) is 30.8. The van der Waals surface area contributed by atoms with Crippen LogP contribution in [0.3, 0.4) is 0 Å². The molecule has 126 heavy (non-hydrogen) atoms. The number of benzene rings is 13. The quantitative estimate of drug-likeness (QED) is 0.0246. The number of rotatable bonds is 15. The van der Waals surface area contributed by atoms with Crippen LogP contribution in [0, 0.1) is 250 Å². The number of halogens is 41. The molecule has 0 nitrogen and oxygen atoms in total. The lowest BCUT2D eigenvalue weighted by atomic mass is 9.12. The third-order valence-corrected chi connectivity index (χ3v) is 24.4.